The molecule has 0 aromatic heterocycles. The topological polar surface area (TPSA) is 33.6 Å². The number of benzene rings is 1. The van der Waals surface area contributed by atoms with Gasteiger partial charge in [0.05, 0.1) is 24.0 Å². The lowest BCUT2D eigenvalue weighted by molar-refractivity contribution is 0.328. The molecule has 3 nitrogen and oxygen atoms in total. The predicted octanol–water partition coefficient (Wildman–Crippen LogP) is 2.42. The van der Waals surface area contributed by atoms with E-state index < -0.39 is 0 Å². The Morgan fingerprint density at radius 1 is 1.50 bits per heavy atom. The highest BCUT2D eigenvalue weighted by molar-refractivity contribution is 6.32. The minimum absolute atomic E-state index is 0.606. The average molecular weight is 239 g/mol. The first-order valence-corrected chi connectivity index (χ1v) is 5.79. The number of halogens is 1. The van der Waals surface area contributed by atoms with Crippen LogP contribution in [0.2, 0.25) is 5.02 Å². The fourth-order valence-electron chi connectivity index (χ4n) is 1.59. The second-order valence-corrected chi connectivity index (χ2v) is 4.19. The van der Waals surface area contributed by atoms with E-state index in [-0.39, 0.29) is 0 Å². The molecular formula is C12H15ClN2O. The number of amidine groups is 1. The average Bonchev–Trinajstić information content (AvgIpc) is 2.76. The number of nitrogens with zero attached hydrogens (tertiary/aromatic N) is 1. The van der Waals surface area contributed by atoms with Gasteiger partial charge in [-0.2, -0.15) is 0 Å². The largest absolute Gasteiger partial charge is 0.492 e. The van der Waals surface area contributed by atoms with E-state index in [4.69, 9.17) is 16.3 Å². The van der Waals surface area contributed by atoms with Gasteiger partial charge in [0, 0.05) is 13.0 Å². The summed E-state index contributed by atoms with van der Waals surface area (Å²) in [6.07, 6.45) is 0.810. The van der Waals surface area contributed by atoms with Crippen LogP contribution in [0.1, 0.15) is 12.0 Å². The van der Waals surface area contributed by atoms with Crippen LogP contribution in [0.4, 0.5) is 0 Å². The maximum Gasteiger partial charge on any atom is 0.138 e. The molecule has 1 heterocycles. The van der Waals surface area contributed by atoms with Gasteiger partial charge < -0.3 is 10.1 Å². The standard InChI is InChI=1S/C12H15ClN2O/c1-9-2-3-10(13)11(8-9)16-7-4-12-14-5-6-15-12/h2-3,8H,4-7H2,1H3,(H,14,15). The van der Waals surface area contributed by atoms with E-state index >= 15 is 0 Å². The van der Waals surface area contributed by atoms with E-state index in [1.54, 1.807) is 0 Å². The summed E-state index contributed by atoms with van der Waals surface area (Å²) in [6, 6.07) is 5.78. The maximum atomic E-state index is 6.02. The van der Waals surface area contributed by atoms with Crippen molar-refractivity contribution in [1.29, 1.82) is 0 Å². The van der Waals surface area contributed by atoms with Crippen molar-refractivity contribution in [3.63, 3.8) is 0 Å². The Bertz CT molecular complexity index is 404. The third-order valence-corrected chi connectivity index (χ3v) is 2.74. The molecule has 0 atom stereocenters. The van der Waals surface area contributed by atoms with Gasteiger partial charge in [0.2, 0.25) is 0 Å². The van der Waals surface area contributed by atoms with Crippen LogP contribution < -0.4 is 10.1 Å². The van der Waals surface area contributed by atoms with Gasteiger partial charge in [0.15, 0.2) is 0 Å². The van der Waals surface area contributed by atoms with Gasteiger partial charge in [-0.3, -0.25) is 4.99 Å². The molecule has 4 heteroatoms. The molecule has 0 aliphatic carbocycles. The summed E-state index contributed by atoms with van der Waals surface area (Å²) in [6.45, 7) is 4.45. The Hall–Kier alpha value is -1.22. The smallest absolute Gasteiger partial charge is 0.138 e. The quantitative estimate of drug-likeness (QED) is 0.874. The zero-order valence-corrected chi connectivity index (χ0v) is 10.0. The number of hydrogen-bond donors (Lipinski definition) is 1. The summed E-state index contributed by atoms with van der Waals surface area (Å²) in [4.78, 5) is 4.30. The van der Waals surface area contributed by atoms with Crippen LogP contribution in [-0.4, -0.2) is 25.5 Å². The molecular weight excluding hydrogens is 224 g/mol. The highest BCUT2D eigenvalue weighted by Gasteiger charge is 2.06. The molecule has 1 aliphatic rings. The first-order valence-electron chi connectivity index (χ1n) is 5.42. The summed E-state index contributed by atoms with van der Waals surface area (Å²) in [5, 5.41) is 3.87. The Morgan fingerprint density at radius 3 is 3.12 bits per heavy atom. The second kappa shape index (κ2) is 5.21. The maximum absolute atomic E-state index is 6.02. The first kappa shape index (κ1) is 11.3. The Kier molecular flexibility index (Phi) is 3.67. The van der Waals surface area contributed by atoms with Gasteiger partial charge in [0.25, 0.3) is 0 Å². The summed E-state index contributed by atoms with van der Waals surface area (Å²) in [7, 11) is 0. The normalized spacial score (nSPS) is 14.5. The van der Waals surface area contributed by atoms with Crippen LogP contribution in [0.25, 0.3) is 0 Å². The Morgan fingerprint density at radius 2 is 2.38 bits per heavy atom. The second-order valence-electron chi connectivity index (χ2n) is 3.79. The zero-order chi connectivity index (χ0) is 11.4. The van der Waals surface area contributed by atoms with Gasteiger partial charge >= 0.3 is 0 Å². The van der Waals surface area contributed by atoms with Crippen molar-refractivity contribution in [1.82, 2.24) is 5.32 Å². The van der Waals surface area contributed by atoms with E-state index in [1.807, 2.05) is 25.1 Å². The molecule has 0 radical (unpaired) electrons. The SMILES string of the molecule is Cc1ccc(Cl)c(OCCC2=NCCN2)c1. The summed E-state index contributed by atoms with van der Waals surface area (Å²) in [5.41, 5.74) is 1.15. The molecule has 0 saturated carbocycles. The van der Waals surface area contributed by atoms with Crippen molar-refractivity contribution in [2.75, 3.05) is 19.7 Å². The number of aryl methyl sites for hydroxylation is 1. The minimum atomic E-state index is 0.606. The molecule has 1 N–H and O–H groups in total. The molecule has 1 aliphatic heterocycles. The van der Waals surface area contributed by atoms with Crippen molar-refractivity contribution in [2.24, 2.45) is 4.99 Å². The van der Waals surface area contributed by atoms with E-state index in [0.717, 1.165) is 36.7 Å². The van der Waals surface area contributed by atoms with Crippen LogP contribution in [0.5, 0.6) is 5.75 Å². The minimum Gasteiger partial charge on any atom is -0.492 e. The van der Waals surface area contributed by atoms with Crippen LogP contribution in [0.15, 0.2) is 23.2 Å². The number of nitrogens with one attached hydrogen (secondary N) is 1. The molecule has 0 saturated heterocycles. The van der Waals surface area contributed by atoms with Crippen LogP contribution >= 0.6 is 11.6 Å². The van der Waals surface area contributed by atoms with Crippen molar-refractivity contribution >= 4 is 17.4 Å². The molecule has 0 bridgehead atoms. The Balaban J connectivity index is 1.86. The molecule has 1 aromatic rings. The van der Waals surface area contributed by atoms with Crippen molar-refractivity contribution in [2.45, 2.75) is 13.3 Å². The molecule has 0 spiro atoms. The lowest BCUT2D eigenvalue weighted by Gasteiger charge is -2.08. The van der Waals surface area contributed by atoms with Gasteiger partial charge in [-0.05, 0) is 24.6 Å². The molecule has 0 fully saturated rings. The monoisotopic (exact) mass is 238 g/mol. The first-order chi connectivity index (χ1) is 7.75. The fourth-order valence-corrected chi connectivity index (χ4v) is 1.77. The third kappa shape index (κ3) is 2.89. The summed E-state index contributed by atoms with van der Waals surface area (Å²) < 4.78 is 5.63. The number of rotatable bonds is 4. The number of ether oxygens (including phenoxy) is 1. The van der Waals surface area contributed by atoms with Crippen LogP contribution in [-0.2, 0) is 0 Å². The van der Waals surface area contributed by atoms with Crippen molar-refractivity contribution < 1.29 is 4.74 Å². The summed E-state index contributed by atoms with van der Waals surface area (Å²) in [5.74, 6) is 1.78. The van der Waals surface area contributed by atoms with E-state index in [0.29, 0.717) is 11.6 Å². The molecule has 2 rings (SSSR count). The van der Waals surface area contributed by atoms with E-state index in [9.17, 15) is 0 Å². The summed E-state index contributed by atoms with van der Waals surface area (Å²) >= 11 is 6.02. The molecule has 16 heavy (non-hydrogen) atoms. The number of hydrogen-bond acceptors (Lipinski definition) is 3. The zero-order valence-electron chi connectivity index (χ0n) is 9.29. The van der Waals surface area contributed by atoms with Gasteiger partial charge in [-0.1, -0.05) is 17.7 Å². The lowest BCUT2D eigenvalue weighted by atomic mass is 10.2. The number of aliphatic imine (C=N–C) groups is 1. The van der Waals surface area contributed by atoms with Crippen molar-refractivity contribution in [3.05, 3.63) is 28.8 Å². The van der Waals surface area contributed by atoms with Gasteiger partial charge in [-0.25, -0.2) is 0 Å². The van der Waals surface area contributed by atoms with Crippen molar-refractivity contribution in [3.8, 4) is 5.75 Å². The highest BCUT2D eigenvalue weighted by Crippen LogP contribution is 2.25. The Labute approximate surface area is 100 Å². The van der Waals surface area contributed by atoms with E-state index in [1.165, 1.54) is 0 Å². The lowest BCUT2D eigenvalue weighted by Crippen LogP contribution is -2.20. The fraction of sp³-hybridized carbons (Fsp3) is 0.417. The highest BCUT2D eigenvalue weighted by atomic mass is 35.5. The van der Waals surface area contributed by atoms with Crippen LogP contribution in [0, 0.1) is 6.92 Å². The molecule has 1 aromatic carbocycles. The van der Waals surface area contributed by atoms with E-state index in [2.05, 4.69) is 10.3 Å². The van der Waals surface area contributed by atoms with Gasteiger partial charge in [-0.15, -0.1) is 0 Å². The van der Waals surface area contributed by atoms with Gasteiger partial charge in [0.1, 0.15) is 5.75 Å². The predicted molar refractivity (Wildman–Crippen MR) is 66.6 cm³/mol. The molecule has 0 unspecified atom stereocenters. The third-order valence-electron chi connectivity index (χ3n) is 2.43. The molecule has 86 valence electrons. The van der Waals surface area contributed by atoms with Crippen LogP contribution in [0.3, 0.4) is 0 Å². The molecule has 0 amide bonds.